The highest BCUT2D eigenvalue weighted by Gasteiger charge is 2.35. The number of halogens is 3. The van der Waals surface area contributed by atoms with Gasteiger partial charge in [0.25, 0.3) is 5.82 Å². The maximum Gasteiger partial charge on any atom is 0.325 e. The molecule has 7 nitrogen and oxygen atoms in total. The third kappa shape index (κ3) is 5.31. The molecule has 0 bridgehead atoms. The van der Waals surface area contributed by atoms with Crippen LogP contribution in [0.4, 0.5) is 19.0 Å². The molecule has 3 rings (SSSR count). The Morgan fingerprint density at radius 3 is 2.59 bits per heavy atom. The number of hydrogen-bond donors (Lipinski definition) is 2. The number of carbonyl (C=O) groups excluding carboxylic acids is 1. The van der Waals surface area contributed by atoms with Crippen LogP contribution in [0.25, 0.3) is 0 Å². The molecule has 2 N–H and O–H groups in total. The van der Waals surface area contributed by atoms with Crippen molar-refractivity contribution in [1.29, 1.82) is 5.26 Å². The van der Waals surface area contributed by atoms with Crippen molar-refractivity contribution in [3.05, 3.63) is 94.3 Å². The van der Waals surface area contributed by atoms with Crippen LogP contribution in [-0.4, -0.2) is 17.4 Å². The summed E-state index contributed by atoms with van der Waals surface area (Å²) >= 11 is 0. The Kier molecular flexibility index (Phi) is 6.90. The monoisotopic (exact) mass is 441 g/mol. The lowest BCUT2D eigenvalue weighted by atomic mass is 10.1. The summed E-state index contributed by atoms with van der Waals surface area (Å²) in [5.74, 6) is -4.74. The van der Waals surface area contributed by atoms with Gasteiger partial charge in [-0.05, 0) is 24.3 Å². The van der Waals surface area contributed by atoms with Gasteiger partial charge in [0.2, 0.25) is 5.91 Å². The average molecular weight is 441 g/mol. The first kappa shape index (κ1) is 22.6. The smallest absolute Gasteiger partial charge is 0.325 e. The van der Waals surface area contributed by atoms with E-state index in [1.54, 1.807) is 12.1 Å². The number of hydrogen-bond acceptors (Lipinski definition) is 5. The van der Waals surface area contributed by atoms with E-state index in [-0.39, 0.29) is 33.9 Å². The van der Waals surface area contributed by atoms with Crippen LogP contribution in [0.2, 0.25) is 0 Å². The first-order valence-electron chi connectivity index (χ1n) is 9.50. The number of anilines is 1. The Labute approximate surface area is 181 Å². The summed E-state index contributed by atoms with van der Waals surface area (Å²) in [6.45, 7) is -1.03. The number of rotatable bonds is 8. The lowest BCUT2D eigenvalue weighted by Crippen LogP contribution is -2.41. The second kappa shape index (κ2) is 9.78. The molecule has 0 aliphatic rings. The van der Waals surface area contributed by atoms with Crippen molar-refractivity contribution in [2.45, 2.75) is 18.9 Å². The number of alkyl halides is 2. The van der Waals surface area contributed by atoms with Crippen LogP contribution < -0.4 is 15.4 Å². The maximum absolute atomic E-state index is 14.3. The van der Waals surface area contributed by atoms with Gasteiger partial charge in [-0.1, -0.05) is 24.3 Å². The minimum absolute atomic E-state index is 0.0805. The van der Waals surface area contributed by atoms with Gasteiger partial charge in [-0.25, -0.2) is 9.12 Å². The minimum Gasteiger partial charge on any atom is -0.710 e. The van der Waals surface area contributed by atoms with Gasteiger partial charge in [0.05, 0.1) is 12.0 Å². The molecule has 0 spiro atoms. The molecule has 164 valence electrons. The summed E-state index contributed by atoms with van der Waals surface area (Å²) in [5, 5.41) is 26.8. The highest BCUT2D eigenvalue weighted by molar-refractivity contribution is 5.78. The van der Waals surface area contributed by atoms with Gasteiger partial charge in [0, 0.05) is 24.4 Å². The summed E-state index contributed by atoms with van der Waals surface area (Å²) in [6.07, 6.45) is 0.740. The highest BCUT2D eigenvalue weighted by Crippen LogP contribution is 2.26. The van der Waals surface area contributed by atoms with E-state index < -0.39 is 36.3 Å². The molecule has 0 aliphatic heterocycles. The van der Waals surface area contributed by atoms with E-state index >= 15 is 0 Å². The number of nitrogens with zero attached hydrogens (tertiary/aromatic N) is 3. The van der Waals surface area contributed by atoms with Gasteiger partial charge >= 0.3 is 5.92 Å². The predicted molar refractivity (Wildman–Crippen MR) is 109 cm³/mol. The first-order chi connectivity index (χ1) is 15.3. The number of nitriles is 1. The van der Waals surface area contributed by atoms with Crippen LogP contribution in [0.15, 0.2) is 60.8 Å². The summed E-state index contributed by atoms with van der Waals surface area (Å²) in [5.41, 5.74) is -0.511. The Balaban J connectivity index is 1.72. The van der Waals surface area contributed by atoms with Gasteiger partial charge in [0.15, 0.2) is 6.54 Å². The van der Waals surface area contributed by atoms with Crippen molar-refractivity contribution in [2.24, 2.45) is 0 Å². The topological polar surface area (TPSA) is 105 Å². The Morgan fingerprint density at radius 1 is 1.16 bits per heavy atom. The van der Waals surface area contributed by atoms with Crippen LogP contribution in [0.1, 0.15) is 22.5 Å². The number of aromatic nitrogens is 2. The second-order valence-corrected chi connectivity index (χ2v) is 6.80. The zero-order valence-electron chi connectivity index (χ0n) is 16.7. The van der Waals surface area contributed by atoms with Crippen LogP contribution in [0, 0.1) is 22.4 Å². The van der Waals surface area contributed by atoms with Crippen molar-refractivity contribution in [2.75, 3.05) is 11.9 Å². The zero-order valence-corrected chi connectivity index (χ0v) is 16.7. The molecular formula is C22H18F3N5O2. The lowest BCUT2D eigenvalue weighted by Gasteiger charge is -2.18. The Hall–Kier alpha value is -4.13. The van der Waals surface area contributed by atoms with Crippen molar-refractivity contribution < 1.29 is 22.7 Å². The van der Waals surface area contributed by atoms with E-state index in [0.29, 0.717) is 0 Å². The van der Waals surface area contributed by atoms with E-state index in [1.165, 1.54) is 48.7 Å². The van der Waals surface area contributed by atoms with Crippen molar-refractivity contribution in [3.63, 3.8) is 0 Å². The van der Waals surface area contributed by atoms with Crippen LogP contribution >= 0.6 is 0 Å². The van der Waals surface area contributed by atoms with Crippen LogP contribution in [0.5, 0.6) is 0 Å². The predicted octanol–water partition coefficient (Wildman–Crippen LogP) is 2.79. The largest absolute Gasteiger partial charge is 0.710 e. The van der Waals surface area contributed by atoms with Crippen LogP contribution in [0.3, 0.4) is 0 Å². The molecule has 0 saturated carbocycles. The lowest BCUT2D eigenvalue weighted by molar-refractivity contribution is -0.598. The Morgan fingerprint density at radius 2 is 1.91 bits per heavy atom. The zero-order chi connectivity index (χ0) is 23.1. The van der Waals surface area contributed by atoms with E-state index in [4.69, 9.17) is 0 Å². The molecule has 1 aromatic carbocycles. The highest BCUT2D eigenvalue weighted by atomic mass is 19.3. The first-order valence-corrected chi connectivity index (χ1v) is 9.50. The molecule has 0 atom stereocenters. The molecule has 0 aliphatic carbocycles. The summed E-state index contributed by atoms with van der Waals surface area (Å²) in [4.78, 5) is 15.9. The molecule has 0 radical (unpaired) electrons. The third-order valence-electron chi connectivity index (χ3n) is 4.60. The number of pyridine rings is 2. The molecule has 0 saturated heterocycles. The fourth-order valence-corrected chi connectivity index (χ4v) is 2.90. The molecule has 2 heterocycles. The SMILES string of the molecule is N#Cc1ccc(NCC(F)(F)c2ccccn2)[n+]([O-])c1CC(=O)NCc1ccccc1F. The number of benzene rings is 1. The normalized spacial score (nSPS) is 10.9. The molecule has 1 amide bonds. The van der Waals surface area contributed by atoms with Gasteiger partial charge in [0.1, 0.15) is 23.3 Å². The molecule has 0 fully saturated rings. The summed E-state index contributed by atoms with van der Waals surface area (Å²) in [7, 11) is 0. The standard InChI is InChI=1S/C22H18F3N5O2/c23-17-6-2-1-5-16(17)13-28-21(31)11-18-15(12-26)8-9-20(30(18)32)29-14-22(24,25)19-7-3-4-10-27-19/h1-10,29H,11,13-14H2,(H,28,31). The van der Waals surface area contributed by atoms with Crippen LogP contribution in [-0.2, 0) is 23.7 Å². The van der Waals surface area contributed by atoms with E-state index in [9.17, 15) is 28.4 Å². The molecule has 2 aromatic heterocycles. The van der Waals surface area contributed by atoms with Gasteiger partial charge in [-0.15, -0.1) is 0 Å². The van der Waals surface area contributed by atoms with Gasteiger partial charge in [-0.2, -0.15) is 14.0 Å². The quantitative estimate of drug-likeness (QED) is 0.413. The minimum atomic E-state index is -3.36. The average Bonchev–Trinajstić information content (AvgIpc) is 2.79. The van der Waals surface area contributed by atoms with Gasteiger partial charge < -0.3 is 10.5 Å². The van der Waals surface area contributed by atoms with Crippen molar-refractivity contribution in [1.82, 2.24) is 10.3 Å². The molecule has 3 aromatic rings. The number of carbonyl (C=O) groups is 1. The number of amides is 1. The third-order valence-corrected chi connectivity index (χ3v) is 4.60. The van der Waals surface area contributed by atoms with Crippen molar-refractivity contribution >= 4 is 11.7 Å². The maximum atomic E-state index is 14.3. The fraction of sp³-hybridized carbons (Fsp3) is 0.182. The Bertz CT molecular complexity index is 1150. The van der Waals surface area contributed by atoms with E-state index in [0.717, 1.165) is 6.07 Å². The van der Waals surface area contributed by atoms with E-state index in [2.05, 4.69) is 15.6 Å². The van der Waals surface area contributed by atoms with E-state index in [1.807, 2.05) is 0 Å². The summed E-state index contributed by atoms with van der Waals surface area (Å²) < 4.78 is 42.6. The molecule has 0 unspecified atom stereocenters. The second-order valence-electron chi connectivity index (χ2n) is 6.80. The fourth-order valence-electron chi connectivity index (χ4n) is 2.90. The molecule has 32 heavy (non-hydrogen) atoms. The van der Waals surface area contributed by atoms with Crippen molar-refractivity contribution in [3.8, 4) is 6.07 Å². The summed E-state index contributed by atoms with van der Waals surface area (Å²) in [6, 6.07) is 14.2. The molecular weight excluding hydrogens is 423 g/mol. The molecule has 10 heteroatoms. The number of nitrogens with one attached hydrogen (secondary N) is 2. The van der Waals surface area contributed by atoms with Gasteiger partial charge in [-0.3, -0.25) is 15.1 Å².